The smallest absolute Gasteiger partial charge is 0.254 e. The van der Waals surface area contributed by atoms with E-state index < -0.39 is 0 Å². The van der Waals surface area contributed by atoms with Crippen molar-refractivity contribution in [2.75, 3.05) is 13.1 Å². The largest absolute Gasteiger partial charge is 0.372 e. The average Bonchev–Trinajstić information content (AvgIpc) is 2.37. The van der Waals surface area contributed by atoms with E-state index in [1.807, 2.05) is 43.0 Å². The van der Waals surface area contributed by atoms with Crippen molar-refractivity contribution in [2.24, 2.45) is 0 Å². The number of aryl methyl sites for hydroxylation is 1. The topological polar surface area (TPSA) is 29.5 Å². The van der Waals surface area contributed by atoms with Crippen molar-refractivity contribution >= 4 is 5.91 Å². The van der Waals surface area contributed by atoms with E-state index in [-0.39, 0.29) is 18.1 Å². The molecule has 18 heavy (non-hydrogen) atoms. The highest BCUT2D eigenvalue weighted by molar-refractivity contribution is 5.94. The highest BCUT2D eigenvalue weighted by atomic mass is 16.5. The molecule has 0 saturated carbocycles. The predicted molar refractivity (Wildman–Crippen MR) is 71.7 cm³/mol. The summed E-state index contributed by atoms with van der Waals surface area (Å²) in [4.78, 5) is 14.2. The second-order valence-corrected chi connectivity index (χ2v) is 5.02. The summed E-state index contributed by atoms with van der Waals surface area (Å²) in [6.07, 6.45) is 1.24. The zero-order valence-corrected chi connectivity index (χ0v) is 11.3. The Morgan fingerprint density at radius 3 is 2.28 bits per heavy atom. The van der Waals surface area contributed by atoms with Crippen LogP contribution in [0.25, 0.3) is 0 Å². The van der Waals surface area contributed by atoms with E-state index >= 15 is 0 Å². The lowest BCUT2D eigenvalue weighted by molar-refractivity contribution is -0.0586. The highest BCUT2D eigenvalue weighted by Gasteiger charge is 2.26. The van der Waals surface area contributed by atoms with Gasteiger partial charge in [0.2, 0.25) is 0 Å². The number of amides is 1. The van der Waals surface area contributed by atoms with Crippen molar-refractivity contribution in [1.82, 2.24) is 4.90 Å². The molecule has 1 aromatic rings. The van der Waals surface area contributed by atoms with Crippen LogP contribution in [0, 0.1) is 0 Å². The third-order valence-corrected chi connectivity index (χ3v) is 3.32. The van der Waals surface area contributed by atoms with E-state index in [1.54, 1.807) is 0 Å². The first-order valence-corrected chi connectivity index (χ1v) is 6.63. The number of ether oxygens (including phenoxy) is 1. The number of hydrogen-bond acceptors (Lipinski definition) is 2. The summed E-state index contributed by atoms with van der Waals surface area (Å²) < 4.78 is 5.65. The summed E-state index contributed by atoms with van der Waals surface area (Å²) in [6.45, 7) is 7.49. The van der Waals surface area contributed by atoms with Crippen LogP contribution in [0.5, 0.6) is 0 Å². The molecule has 1 aliphatic heterocycles. The second-order valence-electron chi connectivity index (χ2n) is 5.02. The van der Waals surface area contributed by atoms with Crippen molar-refractivity contribution < 1.29 is 9.53 Å². The van der Waals surface area contributed by atoms with Gasteiger partial charge in [0.05, 0.1) is 12.2 Å². The van der Waals surface area contributed by atoms with Crippen LogP contribution in [0.2, 0.25) is 0 Å². The van der Waals surface area contributed by atoms with Crippen LogP contribution >= 0.6 is 0 Å². The summed E-state index contributed by atoms with van der Waals surface area (Å²) >= 11 is 0. The fourth-order valence-corrected chi connectivity index (χ4v) is 2.41. The molecule has 3 heteroatoms. The number of carbonyl (C=O) groups is 1. The third-order valence-electron chi connectivity index (χ3n) is 3.32. The predicted octanol–water partition coefficient (Wildman–Crippen LogP) is 2.50. The first-order valence-electron chi connectivity index (χ1n) is 6.63. The van der Waals surface area contributed by atoms with Crippen LogP contribution in [0.3, 0.4) is 0 Å². The molecular weight excluding hydrogens is 226 g/mol. The van der Waals surface area contributed by atoms with Crippen LogP contribution in [-0.4, -0.2) is 36.1 Å². The van der Waals surface area contributed by atoms with Crippen LogP contribution < -0.4 is 0 Å². The number of benzene rings is 1. The van der Waals surface area contributed by atoms with E-state index in [1.165, 1.54) is 5.56 Å². The molecule has 3 nitrogen and oxygen atoms in total. The Hall–Kier alpha value is -1.35. The zero-order valence-electron chi connectivity index (χ0n) is 11.3. The average molecular weight is 247 g/mol. The molecule has 98 valence electrons. The third kappa shape index (κ3) is 2.91. The van der Waals surface area contributed by atoms with Crippen LogP contribution in [0.4, 0.5) is 0 Å². The zero-order chi connectivity index (χ0) is 13.1. The summed E-state index contributed by atoms with van der Waals surface area (Å²) in [7, 11) is 0. The van der Waals surface area contributed by atoms with Gasteiger partial charge in [0, 0.05) is 18.7 Å². The molecular formula is C15H21NO2. The Morgan fingerprint density at radius 2 is 1.78 bits per heavy atom. The Labute approximate surface area is 109 Å². The first-order chi connectivity index (χ1) is 8.60. The van der Waals surface area contributed by atoms with Gasteiger partial charge in [-0.05, 0) is 38.0 Å². The standard InChI is InChI=1S/C15H21NO2/c1-4-13-5-7-14(8-6-13)15(17)16-9-11(2)18-12(3)10-16/h5-8,11-12H,4,9-10H2,1-3H3. The van der Waals surface area contributed by atoms with Gasteiger partial charge in [-0.3, -0.25) is 4.79 Å². The molecule has 1 aromatic carbocycles. The van der Waals surface area contributed by atoms with E-state index in [2.05, 4.69) is 6.92 Å². The molecule has 0 aliphatic carbocycles. The molecule has 2 atom stereocenters. The van der Waals surface area contributed by atoms with Gasteiger partial charge in [0.15, 0.2) is 0 Å². The monoisotopic (exact) mass is 247 g/mol. The number of morpholine rings is 1. The molecule has 0 aromatic heterocycles. The lowest BCUT2D eigenvalue weighted by Gasteiger charge is -2.35. The molecule has 0 bridgehead atoms. The number of rotatable bonds is 2. The fraction of sp³-hybridized carbons (Fsp3) is 0.533. The summed E-state index contributed by atoms with van der Waals surface area (Å²) in [5.41, 5.74) is 2.03. The van der Waals surface area contributed by atoms with Gasteiger partial charge in [-0.15, -0.1) is 0 Å². The number of nitrogens with zero attached hydrogens (tertiary/aromatic N) is 1. The van der Waals surface area contributed by atoms with Crippen molar-refractivity contribution in [3.63, 3.8) is 0 Å². The Bertz CT molecular complexity index is 403. The lowest BCUT2D eigenvalue weighted by atomic mass is 10.1. The van der Waals surface area contributed by atoms with Gasteiger partial charge in [0.1, 0.15) is 0 Å². The minimum absolute atomic E-state index is 0.111. The Kier molecular flexibility index (Phi) is 4.02. The maximum absolute atomic E-state index is 12.4. The minimum Gasteiger partial charge on any atom is -0.372 e. The van der Waals surface area contributed by atoms with Crippen molar-refractivity contribution in [2.45, 2.75) is 39.4 Å². The molecule has 0 N–H and O–H groups in total. The van der Waals surface area contributed by atoms with Gasteiger partial charge in [-0.2, -0.15) is 0 Å². The van der Waals surface area contributed by atoms with E-state index in [9.17, 15) is 4.79 Å². The van der Waals surface area contributed by atoms with Crippen LogP contribution in [-0.2, 0) is 11.2 Å². The molecule has 0 radical (unpaired) electrons. The summed E-state index contributed by atoms with van der Waals surface area (Å²) in [5.74, 6) is 0.111. The van der Waals surface area contributed by atoms with Crippen molar-refractivity contribution in [3.05, 3.63) is 35.4 Å². The van der Waals surface area contributed by atoms with E-state index in [0.717, 1.165) is 12.0 Å². The first kappa shape index (κ1) is 13.1. The number of carbonyl (C=O) groups excluding carboxylic acids is 1. The van der Waals surface area contributed by atoms with E-state index in [4.69, 9.17) is 4.74 Å². The SMILES string of the molecule is CCc1ccc(C(=O)N2CC(C)OC(C)C2)cc1. The van der Waals surface area contributed by atoms with E-state index in [0.29, 0.717) is 13.1 Å². The van der Waals surface area contributed by atoms with Gasteiger partial charge in [-0.25, -0.2) is 0 Å². The minimum atomic E-state index is 0.111. The molecule has 1 heterocycles. The normalized spacial score (nSPS) is 24.1. The van der Waals surface area contributed by atoms with Crippen LogP contribution in [0.1, 0.15) is 36.7 Å². The fourth-order valence-electron chi connectivity index (χ4n) is 2.41. The summed E-state index contributed by atoms with van der Waals surface area (Å²) in [5, 5.41) is 0. The Morgan fingerprint density at radius 1 is 1.22 bits per heavy atom. The molecule has 2 rings (SSSR count). The van der Waals surface area contributed by atoms with Gasteiger partial charge in [0.25, 0.3) is 5.91 Å². The quantitative estimate of drug-likeness (QED) is 0.803. The second kappa shape index (κ2) is 5.53. The van der Waals surface area contributed by atoms with Gasteiger partial charge >= 0.3 is 0 Å². The van der Waals surface area contributed by atoms with Crippen LogP contribution in [0.15, 0.2) is 24.3 Å². The molecule has 1 saturated heterocycles. The lowest BCUT2D eigenvalue weighted by Crippen LogP contribution is -2.48. The molecule has 2 unspecified atom stereocenters. The molecule has 1 aliphatic rings. The van der Waals surface area contributed by atoms with Gasteiger partial charge < -0.3 is 9.64 Å². The van der Waals surface area contributed by atoms with Crippen molar-refractivity contribution in [3.8, 4) is 0 Å². The molecule has 0 spiro atoms. The molecule has 1 amide bonds. The van der Waals surface area contributed by atoms with Crippen molar-refractivity contribution in [1.29, 1.82) is 0 Å². The van der Waals surface area contributed by atoms with Gasteiger partial charge in [-0.1, -0.05) is 19.1 Å². The molecule has 1 fully saturated rings. The number of hydrogen-bond donors (Lipinski definition) is 0. The summed E-state index contributed by atoms with van der Waals surface area (Å²) in [6, 6.07) is 7.90. The maximum atomic E-state index is 12.4. The highest BCUT2D eigenvalue weighted by Crippen LogP contribution is 2.15. The Balaban J connectivity index is 2.09. The maximum Gasteiger partial charge on any atom is 0.254 e.